The van der Waals surface area contributed by atoms with E-state index in [1.807, 2.05) is 0 Å². The summed E-state index contributed by atoms with van der Waals surface area (Å²) in [5.74, 6) is -2.06. The zero-order valence-electron chi connectivity index (χ0n) is 14.9. The van der Waals surface area contributed by atoms with Crippen LogP contribution in [0.4, 0.5) is 0 Å². The molecule has 8 heteroatoms. The molecule has 0 N–H and O–H groups in total. The number of nitrogens with zero attached hydrogens (tertiary/aromatic N) is 1. The van der Waals surface area contributed by atoms with Crippen LogP contribution in [-0.4, -0.2) is 48.7 Å². The lowest BCUT2D eigenvalue weighted by Gasteiger charge is -2.19. The average molecular weight is 394 g/mol. The number of carbonyl (C=O) groups excluding carboxylic acids is 4. The molecule has 0 aromatic heterocycles. The maximum Gasteiger partial charge on any atom is 0.326 e. The maximum absolute atomic E-state index is 12.3. The molecule has 1 aliphatic carbocycles. The summed E-state index contributed by atoms with van der Waals surface area (Å²) >= 11 is 5.98. The number of hydrogen-bond acceptors (Lipinski definition) is 6. The highest BCUT2D eigenvalue weighted by molar-refractivity contribution is 6.32. The Morgan fingerprint density at radius 1 is 1.15 bits per heavy atom. The van der Waals surface area contributed by atoms with E-state index in [-0.39, 0.29) is 34.2 Å². The van der Waals surface area contributed by atoms with Gasteiger partial charge in [0.1, 0.15) is 12.3 Å². The Hall–Kier alpha value is -2.41. The quantitative estimate of drug-likeness (QED) is 0.418. The monoisotopic (exact) mass is 393 g/mol. The minimum absolute atomic E-state index is 0.269. The van der Waals surface area contributed by atoms with Crippen LogP contribution in [0.3, 0.4) is 0 Å². The molecule has 1 aromatic rings. The first-order valence-electron chi connectivity index (χ1n) is 8.80. The molecule has 1 aromatic carbocycles. The molecule has 1 saturated heterocycles. The third kappa shape index (κ3) is 3.98. The van der Waals surface area contributed by atoms with Gasteiger partial charge in [-0.1, -0.05) is 24.4 Å². The molecule has 27 heavy (non-hydrogen) atoms. The molecule has 0 spiro atoms. The van der Waals surface area contributed by atoms with Crippen molar-refractivity contribution in [2.75, 3.05) is 20.3 Å². The van der Waals surface area contributed by atoms with E-state index in [2.05, 4.69) is 0 Å². The smallest absolute Gasteiger partial charge is 0.326 e. The molecule has 2 amide bonds. The van der Waals surface area contributed by atoms with E-state index in [9.17, 15) is 19.2 Å². The van der Waals surface area contributed by atoms with E-state index in [4.69, 9.17) is 21.1 Å². The minimum atomic E-state index is -0.789. The molecule has 7 nitrogen and oxygen atoms in total. The van der Waals surface area contributed by atoms with Gasteiger partial charge in [-0.25, -0.2) is 0 Å². The highest BCUT2D eigenvalue weighted by Gasteiger charge is 2.48. The van der Waals surface area contributed by atoms with Gasteiger partial charge in [0.05, 0.1) is 24.0 Å². The number of Topliss-reactive ketones (excluding diaryl/α,β-unsaturated/α-hetero) is 1. The van der Waals surface area contributed by atoms with Gasteiger partial charge < -0.3 is 9.47 Å². The van der Waals surface area contributed by atoms with Crippen molar-refractivity contribution in [2.45, 2.75) is 25.7 Å². The van der Waals surface area contributed by atoms with Gasteiger partial charge in [0.25, 0.3) is 0 Å². The van der Waals surface area contributed by atoms with E-state index in [1.165, 1.54) is 19.2 Å². The first kappa shape index (κ1) is 19.4. The third-order valence-corrected chi connectivity index (χ3v) is 5.35. The predicted molar refractivity (Wildman–Crippen MR) is 95.5 cm³/mol. The highest BCUT2D eigenvalue weighted by Crippen LogP contribution is 2.37. The molecular weight excluding hydrogens is 374 g/mol. The number of rotatable bonds is 6. The zero-order chi connectivity index (χ0) is 19.6. The van der Waals surface area contributed by atoms with Crippen molar-refractivity contribution < 1.29 is 28.7 Å². The Morgan fingerprint density at radius 2 is 1.78 bits per heavy atom. The topological polar surface area (TPSA) is 90.0 Å². The number of likely N-dealkylation sites (tertiary alicyclic amines) is 1. The number of ether oxygens (including phenoxy) is 2. The largest absolute Gasteiger partial charge is 0.495 e. The number of benzene rings is 1. The van der Waals surface area contributed by atoms with Crippen molar-refractivity contribution in [1.29, 1.82) is 0 Å². The second-order valence-corrected chi connectivity index (χ2v) is 7.10. The van der Waals surface area contributed by atoms with Crippen LogP contribution in [0.15, 0.2) is 18.2 Å². The summed E-state index contributed by atoms with van der Waals surface area (Å²) in [5.41, 5.74) is 0.271. The van der Waals surface area contributed by atoms with Crippen LogP contribution in [0.1, 0.15) is 36.0 Å². The molecule has 2 fully saturated rings. The van der Waals surface area contributed by atoms with Gasteiger partial charge in [0, 0.05) is 5.56 Å². The summed E-state index contributed by atoms with van der Waals surface area (Å²) in [6, 6.07) is 4.48. The molecule has 2 aliphatic rings. The van der Waals surface area contributed by atoms with Gasteiger partial charge in [0.15, 0.2) is 12.4 Å². The van der Waals surface area contributed by atoms with E-state index >= 15 is 0 Å². The van der Waals surface area contributed by atoms with Crippen molar-refractivity contribution in [3.05, 3.63) is 28.8 Å². The van der Waals surface area contributed by atoms with Crippen molar-refractivity contribution in [1.82, 2.24) is 4.90 Å². The third-order valence-electron chi connectivity index (χ3n) is 5.06. The van der Waals surface area contributed by atoms with Crippen LogP contribution in [0.2, 0.25) is 5.02 Å². The zero-order valence-corrected chi connectivity index (χ0v) is 15.7. The minimum Gasteiger partial charge on any atom is -0.495 e. The summed E-state index contributed by atoms with van der Waals surface area (Å²) in [4.78, 5) is 49.8. The van der Waals surface area contributed by atoms with Crippen LogP contribution in [0.25, 0.3) is 0 Å². The van der Waals surface area contributed by atoms with Crippen LogP contribution in [-0.2, 0) is 19.1 Å². The fourth-order valence-electron chi connectivity index (χ4n) is 3.63. The molecule has 0 radical (unpaired) electrons. The molecule has 0 unspecified atom stereocenters. The number of carbonyl (C=O) groups is 4. The van der Waals surface area contributed by atoms with Crippen LogP contribution >= 0.6 is 11.6 Å². The lowest BCUT2D eigenvalue weighted by Crippen LogP contribution is -2.37. The number of amides is 2. The number of hydrogen-bond donors (Lipinski definition) is 0. The van der Waals surface area contributed by atoms with Gasteiger partial charge in [-0.2, -0.15) is 0 Å². The lowest BCUT2D eigenvalue weighted by molar-refractivity contribution is -0.152. The molecule has 2 atom stereocenters. The van der Waals surface area contributed by atoms with Crippen LogP contribution in [0, 0.1) is 11.8 Å². The van der Waals surface area contributed by atoms with Crippen molar-refractivity contribution in [2.24, 2.45) is 11.8 Å². The van der Waals surface area contributed by atoms with Gasteiger partial charge in [-0.05, 0) is 31.0 Å². The number of halogens is 1. The Bertz CT molecular complexity index is 768. The Balaban J connectivity index is 1.55. The molecular formula is C19H20ClNO6. The molecule has 0 bridgehead atoms. The number of fused-ring (bicyclic) bond motifs is 1. The molecule has 1 saturated carbocycles. The average Bonchev–Trinajstić information content (AvgIpc) is 2.91. The first-order valence-corrected chi connectivity index (χ1v) is 9.17. The molecule has 3 rings (SSSR count). The summed E-state index contributed by atoms with van der Waals surface area (Å²) in [6.45, 7) is -0.952. The summed E-state index contributed by atoms with van der Waals surface area (Å²) in [6.07, 6.45) is 3.18. The number of esters is 1. The van der Waals surface area contributed by atoms with Gasteiger partial charge in [-0.15, -0.1) is 0 Å². The van der Waals surface area contributed by atoms with Crippen LogP contribution < -0.4 is 4.74 Å². The van der Waals surface area contributed by atoms with E-state index in [0.29, 0.717) is 18.6 Å². The van der Waals surface area contributed by atoms with Crippen molar-refractivity contribution in [3.63, 3.8) is 0 Å². The van der Waals surface area contributed by atoms with Crippen molar-refractivity contribution >= 4 is 35.2 Å². The van der Waals surface area contributed by atoms with E-state index < -0.39 is 24.9 Å². The highest BCUT2D eigenvalue weighted by atomic mass is 35.5. The Morgan fingerprint density at radius 3 is 2.33 bits per heavy atom. The van der Waals surface area contributed by atoms with Crippen LogP contribution in [0.5, 0.6) is 5.75 Å². The normalized spacial score (nSPS) is 21.8. The second-order valence-electron chi connectivity index (χ2n) is 6.69. The van der Waals surface area contributed by atoms with E-state index in [0.717, 1.165) is 17.7 Å². The lowest BCUT2D eigenvalue weighted by atomic mass is 9.81. The fraction of sp³-hybridized carbons (Fsp3) is 0.474. The number of imide groups is 1. The SMILES string of the molecule is COc1ccc(C(=O)COC(=O)CN2C(=O)[C@H]3CCCC[C@@H]3C2=O)cc1Cl. The predicted octanol–water partition coefficient (Wildman–Crippen LogP) is 2.25. The summed E-state index contributed by atoms with van der Waals surface area (Å²) in [7, 11) is 1.46. The number of methoxy groups -OCH3 is 1. The summed E-state index contributed by atoms with van der Waals surface area (Å²) in [5, 5.41) is 0.269. The second kappa shape index (κ2) is 8.08. The molecule has 144 valence electrons. The van der Waals surface area contributed by atoms with Gasteiger partial charge in [0.2, 0.25) is 11.8 Å². The molecule has 1 aliphatic heterocycles. The number of ketones is 1. The standard InChI is InChI=1S/C19H20ClNO6/c1-26-16-7-6-11(8-14(16)20)15(22)10-27-17(23)9-21-18(24)12-4-2-3-5-13(12)19(21)25/h6-8,12-13H,2-5,9-10H2,1H3/t12-,13-/m0/s1. The fourth-order valence-corrected chi connectivity index (χ4v) is 3.89. The Labute approximate surface area is 161 Å². The van der Waals surface area contributed by atoms with Crippen molar-refractivity contribution in [3.8, 4) is 5.75 Å². The maximum atomic E-state index is 12.3. The summed E-state index contributed by atoms with van der Waals surface area (Å²) < 4.78 is 9.97. The van der Waals surface area contributed by atoms with Gasteiger partial charge in [-0.3, -0.25) is 24.1 Å². The molecule has 1 heterocycles. The first-order chi connectivity index (χ1) is 12.9. The Kier molecular flexibility index (Phi) is 5.79. The van der Waals surface area contributed by atoms with E-state index in [1.54, 1.807) is 6.07 Å². The van der Waals surface area contributed by atoms with Gasteiger partial charge >= 0.3 is 5.97 Å².